The summed E-state index contributed by atoms with van der Waals surface area (Å²) in [5, 5.41) is 14.3. The summed E-state index contributed by atoms with van der Waals surface area (Å²) in [6, 6.07) is 20.1. The molecule has 3 aromatic rings. The Labute approximate surface area is 198 Å². The Bertz CT molecular complexity index is 1270. The van der Waals surface area contributed by atoms with E-state index < -0.39 is 33.1 Å². The molecule has 0 atom stereocenters. The molecule has 0 spiro atoms. The van der Waals surface area contributed by atoms with Crippen LogP contribution in [0.25, 0.3) is 11.1 Å². The van der Waals surface area contributed by atoms with Gasteiger partial charge in [0.25, 0.3) is 5.91 Å². The van der Waals surface area contributed by atoms with Gasteiger partial charge in [0.1, 0.15) is 0 Å². The monoisotopic (exact) mass is 483 g/mol. The highest BCUT2D eigenvalue weighted by atomic mass is 32.2. The molecule has 3 aromatic carbocycles. The first-order chi connectivity index (χ1) is 16.3. The van der Waals surface area contributed by atoms with Crippen LogP contribution in [0.2, 0.25) is 0 Å². The van der Waals surface area contributed by atoms with Gasteiger partial charge in [-0.3, -0.25) is 14.9 Å². The minimum Gasteiger partial charge on any atom is -0.477 e. The summed E-state index contributed by atoms with van der Waals surface area (Å²) in [7, 11) is -3.88. The van der Waals surface area contributed by atoms with E-state index in [1.807, 2.05) is 42.5 Å². The second-order valence-electron chi connectivity index (χ2n) is 7.22. The van der Waals surface area contributed by atoms with E-state index in [2.05, 4.69) is 5.32 Å². The minimum absolute atomic E-state index is 0.199. The summed E-state index contributed by atoms with van der Waals surface area (Å²) in [5.41, 5.74) is 1.76. The Kier molecular flexibility index (Phi) is 7.98. The molecular formula is C24H25N3O6S. The van der Waals surface area contributed by atoms with Gasteiger partial charge in [0, 0.05) is 30.4 Å². The molecular weight excluding hydrogens is 458 g/mol. The lowest BCUT2D eigenvalue weighted by molar-refractivity contribution is -0.386. The van der Waals surface area contributed by atoms with Crippen LogP contribution in [0.4, 0.5) is 11.4 Å². The number of hydrogen-bond donors (Lipinski definition) is 1. The number of carbonyl (C=O) groups is 1. The standard InChI is InChI=1S/C24H25N3O6S/c1-3-26(4-2)34(31,32)19-14-15-23(22(16-19)27(29)30)33-17-24(28)25-21-13-9-8-12-20(21)18-10-6-5-7-11-18/h5-16H,3-4,17H2,1-2H3,(H,25,28). The van der Waals surface area contributed by atoms with Crippen molar-refractivity contribution in [2.45, 2.75) is 18.7 Å². The van der Waals surface area contributed by atoms with Crippen LogP contribution in [-0.2, 0) is 14.8 Å². The van der Waals surface area contributed by atoms with Crippen LogP contribution in [0, 0.1) is 10.1 Å². The van der Waals surface area contributed by atoms with Crippen molar-refractivity contribution in [3.05, 3.63) is 82.9 Å². The van der Waals surface area contributed by atoms with Crippen LogP contribution in [0.3, 0.4) is 0 Å². The van der Waals surface area contributed by atoms with Crippen molar-refractivity contribution in [1.82, 2.24) is 4.31 Å². The van der Waals surface area contributed by atoms with Gasteiger partial charge in [0.2, 0.25) is 10.0 Å². The third kappa shape index (κ3) is 5.59. The van der Waals surface area contributed by atoms with Crippen molar-refractivity contribution in [1.29, 1.82) is 0 Å². The first-order valence-corrected chi connectivity index (χ1v) is 12.1. The quantitative estimate of drug-likeness (QED) is 0.339. The number of sulfonamides is 1. The molecule has 9 nitrogen and oxygen atoms in total. The summed E-state index contributed by atoms with van der Waals surface area (Å²) < 4.78 is 32.0. The Morgan fingerprint density at radius 3 is 2.29 bits per heavy atom. The predicted octanol–water partition coefficient (Wildman–Crippen LogP) is 4.31. The van der Waals surface area contributed by atoms with Gasteiger partial charge < -0.3 is 10.1 Å². The van der Waals surface area contributed by atoms with E-state index in [1.165, 1.54) is 16.4 Å². The van der Waals surface area contributed by atoms with Crippen molar-refractivity contribution >= 4 is 27.3 Å². The molecule has 0 saturated heterocycles. The Morgan fingerprint density at radius 1 is 1.00 bits per heavy atom. The fraction of sp³-hybridized carbons (Fsp3) is 0.208. The maximum absolute atomic E-state index is 12.7. The van der Waals surface area contributed by atoms with Crippen LogP contribution in [0.1, 0.15) is 13.8 Å². The highest BCUT2D eigenvalue weighted by molar-refractivity contribution is 7.89. The van der Waals surface area contributed by atoms with E-state index in [1.54, 1.807) is 26.0 Å². The maximum atomic E-state index is 12.7. The maximum Gasteiger partial charge on any atom is 0.312 e. The first kappa shape index (κ1) is 24.9. The number of benzene rings is 3. The predicted molar refractivity (Wildman–Crippen MR) is 129 cm³/mol. The highest BCUT2D eigenvalue weighted by Crippen LogP contribution is 2.31. The number of nitrogens with zero attached hydrogens (tertiary/aromatic N) is 2. The summed E-state index contributed by atoms with van der Waals surface area (Å²) in [6.45, 7) is 3.33. The molecule has 0 aliphatic rings. The fourth-order valence-corrected chi connectivity index (χ4v) is 4.90. The van der Waals surface area contributed by atoms with Crippen LogP contribution in [0.15, 0.2) is 77.7 Å². The van der Waals surface area contributed by atoms with Gasteiger partial charge in [0.05, 0.1) is 9.82 Å². The molecule has 0 radical (unpaired) electrons. The van der Waals surface area contributed by atoms with Gasteiger partial charge in [-0.05, 0) is 23.8 Å². The lowest BCUT2D eigenvalue weighted by Gasteiger charge is -2.18. The molecule has 10 heteroatoms. The number of nitrogens with one attached hydrogen (secondary N) is 1. The number of para-hydroxylation sites is 1. The number of ether oxygens (including phenoxy) is 1. The van der Waals surface area contributed by atoms with Crippen molar-refractivity contribution in [3.63, 3.8) is 0 Å². The Morgan fingerprint density at radius 2 is 1.65 bits per heavy atom. The fourth-order valence-electron chi connectivity index (χ4n) is 3.43. The largest absolute Gasteiger partial charge is 0.477 e. The summed E-state index contributed by atoms with van der Waals surface area (Å²) in [4.78, 5) is 23.2. The topological polar surface area (TPSA) is 119 Å². The highest BCUT2D eigenvalue weighted by Gasteiger charge is 2.26. The van der Waals surface area contributed by atoms with Crippen molar-refractivity contribution < 1.29 is 22.9 Å². The second-order valence-corrected chi connectivity index (χ2v) is 9.16. The van der Waals surface area contributed by atoms with Crippen LogP contribution in [0.5, 0.6) is 5.75 Å². The van der Waals surface area contributed by atoms with Crippen molar-refractivity contribution in [2.24, 2.45) is 0 Å². The molecule has 1 N–H and O–H groups in total. The zero-order chi connectivity index (χ0) is 24.7. The molecule has 0 aliphatic heterocycles. The van der Waals surface area contributed by atoms with Crippen molar-refractivity contribution in [2.75, 3.05) is 25.0 Å². The van der Waals surface area contributed by atoms with Gasteiger partial charge in [-0.15, -0.1) is 0 Å². The van der Waals surface area contributed by atoms with Crippen LogP contribution < -0.4 is 10.1 Å². The van der Waals surface area contributed by atoms with Gasteiger partial charge in [-0.2, -0.15) is 4.31 Å². The minimum atomic E-state index is -3.88. The average molecular weight is 484 g/mol. The zero-order valence-corrected chi connectivity index (χ0v) is 19.6. The summed E-state index contributed by atoms with van der Waals surface area (Å²) >= 11 is 0. The number of nitro benzene ring substituents is 1. The average Bonchev–Trinajstić information content (AvgIpc) is 2.84. The molecule has 1 amide bonds. The van der Waals surface area contributed by atoms with Gasteiger partial charge in [-0.25, -0.2) is 8.42 Å². The third-order valence-electron chi connectivity index (χ3n) is 5.12. The van der Waals surface area contributed by atoms with E-state index in [9.17, 15) is 23.3 Å². The summed E-state index contributed by atoms with van der Waals surface area (Å²) in [5.74, 6) is -0.715. The molecule has 0 aliphatic carbocycles. The second kappa shape index (κ2) is 10.9. The molecule has 0 aromatic heterocycles. The summed E-state index contributed by atoms with van der Waals surface area (Å²) in [6.07, 6.45) is 0. The smallest absolute Gasteiger partial charge is 0.312 e. The van der Waals surface area contributed by atoms with Gasteiger partial charge in [-0.1, -0.05) is 62.4 Å². The normalized spacial score (nSPS) is 11.3. The van der Waals surface area contributed by atoms with E-state index in [0.717, 1.165) is 17.2 Å². The van der Waals surface area contributed by atoms with E-state index >= 15 is 0 Å². The van der Waals surface area contributed by atoms with Crippen molar-refractivity contribution in [3.8, 4) is 16.9 Å². The van der Waals surface area contributed by atoms with Gasteiger partial charge >= 0.3 is 5.69 Å². The number of anilines is 1. The molecule has 178 valence electrons. The molecule has 3 rings (SSSR count). The Hall–Kier alpha value is -3.76. The third-order valence-corrected chi connectivity index (χ3v) is 7.16. The van der Waals surface area contributed by atoms with E-state index in [-0.39, 0.29) is 23.7 Å². The molecule has 34 heavy (non-hydrogen) atoms. The molecule has 0 fully saturated rings. The number of carbonyl (C=O) groups excluding carboxylic acids is 1. The number of rotatable bonds is 10. The van der Waals surface area contributed by atoms with Crippen LogP contribution >= 0.6 is 0 Å². The first-order valence-electron chi connectivity index (χ1n) is 10.6. The van der Waals surface area contributed by atoms with E-state index in [4.69, 9.17) is 4.74 Å². The lowest BCUT2D eigenvalue weighted by atomic mass is 10.0. The van der Waals surface area contributed by atoms with E-state index in [0.29, 0.717) is 5.69 Å². The number of amides is 1. The van der Waals surface area contributed by atoms with Crippen LogP contribution in [-0.4, -0.2) is 43.2 Å². The Balaban J connectivity index is 1.77. The molecule has 0 saturated carbocycles. The zero-order valence-electron chi connectivity index (χ0n) is 18.8. The molecule has 0 heterocycles. The SMILES string of the molecule is CCN(CC)S(=O)(=O)c1ccc(OCC(=O)Nc2ccccc2-c2ccccc2)c([N+](=O)[O-])c1. The number of nitro groups is 1. The molecule has 0 unspecified atom stereocenters. The van der Waals surface area contributed by atoms with Gasteiger partial charge in [0.15, 0.2) is 12.4 Å². The molecule has 0 bridgehead atoms. The number of hydrogen-bond acceptors (Lipinski definition) is 6. The lowest BCUT2D eigenvalue weighted by Crippen LogP contribution is -2.30.